The van der Waals surface area contributed by atoms with Crippen molar-refractivity contribution in [2.45, 2.75) is 37.8 Å². The van der Waals surface area contributed by atoms with E-state index in [1.807, 2.05) is 4.90 Å². The summed E-state index contributed by atoms with van der Waals surface area (Å²) in [6, 6.07) is -0.503. The number of hydrogen-bond donors (Lipinski definition) is 1. The first kappa shape index (κ1) is 14.9. The molecule has 0 aliphatic carbocycles. The van der Waals surface area contributed by atoms with E-state index in [1.165, 1.54) is 7.11 Å². The van der Waals surface area contributed by atoms with Crippen LogP contribution in [0.2, 0.25) is 0 Å². The molecule has 2 aliphatic rings. The molecule has 1 N–H and O–H groups in total. The Balaban J connectivity index is 1.96. The van der Waals surface area contributed by atoms with Crippen LogP contribution in [0.25, 0.3) is 0 Å². The average molecular weight is 284 g/mol. The third kappa shape index (κ3) is 3.77. The maximum Gasteiger partial charge on any atom is 0.306 e. The van der Waals surface area contributed by atoms with Crippen molar-refractivity contribution < 1.29 is 23.9 Å². The van der Waals surface area contributed by atoms with Crippen LogP contribution in [0, 0.1) is 0 Å². The molecule has 0 saturated carbocycles. The Morgan fingerprint density at radius 1 is 1.50 bits per heavy atom. The molecule has 2 aliphatic heterocycles. The van der Waals surface area contributed by atoms with Gasteiger partial charge >= 0.3 is 5.97 Å². The van der Waals surface area contributed by atoms with Crippen LogP contribution in [0.4, 0.5) is 0 Å². The smallest absolute Gasteiger partial charge is 0.306 e. The number of amides is 2. The largest absolute Gasteiger partial charge is 0.469 e. The number of carbonyl (C=O) groups excluding carboxylic acids is 3. The molecule has 0 bridgehead atoms. The summed E-state index contributed by atoms with van der Waals surface area (Å²) in [4.78, 5) is 36.2. The average Bonchev–Trinajstić information content (AvgIpc) is 3.03. The standard InChI is InChI=1S/C13H20N2O5/c1-19-12(17)4-5-15(8-9-3-2-6-20-9)10-7-11(16)14-13(10)18/h9-10H,2-8H2,1H3,(H,14,16,18). The van der Waals surface area contributed by atoms with E-state index in [0.717, 1.165) is 19.4 Å². The van der Waals surface area contributed by atoms with Gasteiger partial charge in [0.2, 0.25) is 11.8 Å². The van der Waals surface area contributed by atoms with Crippen molar-refractivity contribution in [2.75, 3.05) is 26.8 Å². The molecule has 0 spiro atoms. The number of imide groups is 1. The van der Waals surface area contributed by atoms with Gasteiger partial charge in [-0.05, 0) is 12.8 Å². The highest BCUT2D eigenvalue weighted by Crippen LogP contribution is 2.18. The maximum atomic E-state index is 11.8. The quantitative estimate of drug-likeness (QED) is 0.520. The molecule has 2 fully saturated rings. The Hall–Kier alpha value is -1.47. The normalized spacial score (nSPS) is 26.1. The molecule has 2 saturated heterocycles. The highest BCUT2D eigenvalue weighted by molar-refractivity contribution is 6.05. The fraction of sp³-hybridized carbons (Fsp3) is 0.769. The van der Waals surface area contributed by atoms with E-state index in [0.29, 0.717) is 13.1 Å². The van der Waals surface area contributed by atoms with Crippen molar-refractivity contribution in [3.63, 3.8) is 0 Å². The van der Waals surface area contributed by atoms with E-state index >= 15 is 0 Å². The Kier molecular flexibility index (Phi) is 5.08. The van der Waals surface area contributed by atoms with Gasteiger partial charge < -0.3 is 9.47 Å². The summed E-state index contributed by atoms with van der Waals surface area (Å²) in [5.74, 6) is -0.889. The van der Waals surface area contributed by atoms with Gasteiger partial charge in [0.25, 0.3) is 0 Å². The van der Waals surface area contributed by atoms with Crippen LogP contribution in [0.5, 0.6) is 0 Å². The van der Waals surface area contributed by atoms with Crippen LogP contribution in [-0.4, -0.2) is 61.6 Å². The molecule has 7 heteroatoms. The minimum atomic E-state index is -0.503. The number of esters is 1. The van der Waals surface area contributed by atoms with Gasteiger partial charge in [-0.1, -0.05) is 0 Å². The molecule has 0 aromatic rings. The second-order valence-electron chi connectivity index (χ2n) is 5.09. The van der Waals surface area contributed by atoms with Crippen LogP contribution in [0.15, 0.2) is 0 Å². The second-order valence-corrected chi connectivity index (χ2v) is 5.09. The van der Waals surface area contributed by atoms with Gasteiger partial charge in [0.1, 0.15) is 0 Å². The van der Waals surface area contributed by atoms with Gasteiger partial charge in [0, 0.05) is 19.7 Å². The molecular formula is C13H20N2O5. The third-order valence-electron chi connectivity index (χ3n) is 3.68. The number of carbonyl (C=O) groups is 3. The van der Waals surface area contributed by atoms with Crippen molar-refractivity contribution in [2.24, 2.45) is 0 Å². The summed E-state index contributed by atoms with van der Waals surface area (Å²) >= 11 is 0. The van der Waals surface area contributed by atoms with Gasteiger partial charge in [-0.3, -0.25) is 24.6 Å². The van der Waals surface area contributed by atoms with Crippen LogP contribution in [0.3, 0.4) is 0 Å². The number of rotatable bonds is 6. The zero-order chi connectivity index (χ0) is 14.5. The first-order valence-electron chi connectivity index (χ1n) is 6.86. The molecule has 0 aromatic heterocycles. The number of nitrogens with zero attached hydrogens (tertiary/aromatic N) is 1. The lowest BCUT2D eigenvalue weighted by molar-refractivity contribution is -0.141. The molecule has 2 amide bonds. The summed E-state index contributed by atoms with van der Waals surface area (Å²) in [6.45, 7) is 1.67. The molecule has 2 atom stereocenters. The zero-order valence-electron chi connectivity index (χ0n) is 11.6. The Labute approximate surface area is 117 Å². The monoisotopic (exact) mass is 284 g/mol. The van der Waals surface area contributed by atoms with Gasteiger partial charge in [0.05, 0.1) is 32.1 Å². The fourth-order valence-corrected chi connectivity index (χ4v) is 2.60. The van der Waals surface area contributed by atoms with Crippen molar-refractivity contribution >= 4 is 17.8 Å². The van der Waals surface area contributed by atoms with Gasteiger partial charge in [-0.2, -0.15) is 0 Å². The van der Waals surface area contributed by atoms with E-state index in [4.69, 9.17) is 4.74 Å². The first-order chi connectivity index (χ1) is 9.60. The van der Waals surface area contributed by atoms with Crippen molar-refractivity contribution in [1.82, 2.24) is 10.2 Å². The van der Waals surface area contributed by atoms with E-state index in [1.54, 1.807) is 0 Å². The zero-order valence-corrected chi connectivity index (χ0v) is 11.6. The minimum absolute atomic E-state index is 0.0659. The Morgan fingerprint density at radius 2 is 2.30 bits per heavy atom. The van der Waals surface area contributed by atoms with Crippen LogP contribution in [-0.2, 0) is 23.9 Å². The van der Waals surface area contributed by atoms with Crippen molar-refractivity contribution in [3.05, 3.63) is 0 Å². The summed E-state index contributed by atoms with van der Waals surface area (Å²) in [5.41, 5.74) is 0. The van der Waals surface area contributed by atoms with E-state index < -0.39 is 6.04 Å². The van der Waals surface area contributed by atoms with E-state index in [-0.39, 0.29) is 36.7 Å². The number of hydrogen-bond acceptors (Lipinski definition) is 6. The number of nitrogens with one attached hydrogen (secondary N) is 1. The molecule has 0 radical (unpaired) electrons. The SMILES string of the molecule is COC(=O)CCN(CC1CCCO1)C1CC(=O)NC1=O. The molecule has 2 heterocycles. The summed E-state index contributed by atoms with van der Waals surface area (Å²) in [7, 11) is 1.33. The van der Waals surface area contributed by atoms with Crippen molar-refractivity contribution in [1.29, 1.82) is 0 Å². The maximum absolute atomic E-state index is 11.8. The highest BCUT2D eigenvalue weighted by Gasteiger charge is 2.36. The lowest BCUT2D eigenvalue weighted by Gasteiger charge is -2.28. The van der Waals surface area contributed by atoms with Crippen LogP contribution in [0.1, 0.15) is 25.7 Å². The van der Waals surface area contributed by atoms with E-state index in [2.05, 4.69) is 10.1 Å². The fourth-order valence-electron chi connectivity index (χ4n) is 2.60. The molecule has 7 nitrogen and oxygen atoms in total. The highest BCUT2D eigenvalue weighted by atomic mass is 16.5. The second kappa shape index (κ2) is 6.81. The van der Waals surface area contributed by atoms with Crippen molar-refractivity contribution in [3.8, 4) is 0 Å². The Bertz CT molecular complexity index is 392. The Morgan fingerprint density at radius 3 is 2.85 bits per heavy atom. The lowest BCUT2D eigenvalue weighted by Crippen LogP contribution is -2.45. The molecule has 0 aromatic carbocycles. The predicted molar refractivity (Wildman–Crippen MR) is 68.7 cm³/mol. The molecule has 20 heavy (non-hydrogen) atoms. The lowest BCUT2D eigenvalue weighted by atomic mass is 10.1. The summed E-state index contributed by atoms with van der Waals surface area (Å²) in [5, 5.41) is 2.30. The van der Waals surface area contributed by atoms with Gasteiger partial charge in [-0.25, -0.2) is 0 Å². The molecule has 2 unspecified atom stereocenters. The third-order valence-corrected chi connectivity index (χ3v) is 3.68. The first-order valence-corrected chi connectivity index (χ1v) is 6.86. The predicted octanol–water partition coefficient (Wildman–Crippen LogP) is -0.554. The minimum Gasteiger partial charge on any atom is -0.469 e. The number of ether oxygens (including phenoxy) is 2. The topological polar surface area (TPSA) is 84.9 Å². The van der Waals surface area contributed by atoms with Crippen LogP contribution >= 0.6 is 0 Å². The molecule has 2 rings (SSSR count). The van der Waals surface area contributed by atoms with E-state index in [9.17, 15) is 14.4 Å². The number of methoxy groups -OCH3 is 1. The summed E-state index contributed by atoms with van der Waals surface area (Å²) < 4.78 is 10.2. The molecular weight excluding hydrogens is 264 g/mol. The van der Waals surface area contributed by atoms with Gasteiger partial charge in [0.15, 0.2) is 0 Å². The molecule has 112 valence electrons. The van der Waals surface area contributed by atoms with Crippen LogP contribution < -0.4 is 5.32 Å². The summed E-state index contributed by atoms with van der Waals surface area (Å²) in [6.07, 6.45) is 2.35. The van der Waals surface area contributed by atoms with Gasteiger partial charge in [-0.15, -0.1) is 0 Å².